The number of nitrogens with one attached hydrogen (secondary N) is 2. The number of hydrogen-bond acceptors (Lipinski definition) is 10. The van der Waals surface area contributed by atoms with Crippen LogP contribution in [0, 0.1) is 5.41 Å². The van der Waals surface area contributed by atoms with Crippen molar-refractivity contribution in [1.29, 1.82) is 5.41 Å². The number of alkyl halides is 1. The topological polar surface area (TPSA) is 145 Å². The lowest BCUT2D eigenvalue weighted by molar-refractivity contribution is 0.0468. The van der Waals surface area contributed by atoms with Crippen LogP contribution < -0.4 is 19.9 Å². The maximum atomic E-state index is 13.9. The van der Waals surface area contributed by atoms with Crippen LogP contribution in [-0.4, -0.2) is 105 Å². The summed E-state index contributed by atoms with van der Waals surface area (Å²) in [6, 6.07) is 16.6. The first-order valence-electron chi connectivity index (χ1n) is 18.4. The van der Waals surface area contributed by atoms with E-state index < -0.39 is 11.2 Å². The number of halogens is 1. The summed E-state index contributed by atoms with van der Waals surface area (Å²) in [5.41, 5.74) is 2.97. The zero-order valence-corrected chi connectivity index (χ0v) is 30.1. The highest BCUT2D eigenvalue weighted by Gasteiger charge is 2.56. The number of nitrogens with zero attached hydrogens (tertiary/aromatic N) is 2. The van der Waals surface area contributed by atoms with Gasteiger partial charge in [0.15, 0.2) is 0 Å². The number of carbonyl (C=O) groups is 2. The van der Waals surface area contributed by atoms with Crippen LogP contribution in [0.1, 0.15) is 75.9 Å². The number of amides is 1. The Morgan fingerprint density at radius 3 is 2.02 bits per heavy atom. The molecule has 12 heteroatoms. The number of Topliss-reactive ketones (excluding diaryl/α,β-unsaturated/α-hetero) is 1. The van der Waals surface area contributed by atoms with Crippen molar-refractivity contribution in [3.05, 3.63) is 82.4 Å². The maximum Gasteiger partial charge on any atom is 0.251 e. The number of aliphatic hydroxyl groups excluding tert-OH is 2. The van der Waals surface area contributed by atoms with E-state index in [9.17, 15) is 25.2 Å². The van der Waals surface area contributed by atoms with Crippen LogP contribution in [0.15, 0.2) is 54.6 Å². The number of anilines is 2. The third kappa shape index (κ3) is 6.58. The van der Waals surface area contributed by atoms with Crippen LogP contribution >= 0.6 is 11.6 Å². The zero-order chi connectivity index (χ0) is 36.2. The van der Waals surface area contributed by atoms with E-state index >= 15 is 0 Å². The van der Waals surface area contributed by atoms with Crippen LogP contribution in [0.3, 0.4) is 0 Å². The summed E-state index contributed by atoms with van der Waals surface area (Å²) in [7, 11) is 0. The second-order valence-corrected chi connectivity index (χ2v) is 14.3. The average Bonchev–Trinajstić information content (AvgIpc) is 3.33. The number of rotatable bonds is 17. The lowest BCUT2D eigenvalue weighted by Crippen LogP contribution is -2.50. The summed E-state index contributed by atoms with van der Waals surface area (Å²) in [6.45, 7) is 3.94. The maximum absolute atomic E-state index is 13.9. The molecule has 3 heterocycles. The van der Waals surface area contributed by atoms with Gasteiger partial charge in [0.2, 0.25) is 5.78 Å². The van der Waals surface area contributed by atoms with E-state index in [0.717, 1.165) is 63.0 Å². The number of aliphatic hydroxyl groups is 2. The molecule has 52 heavy (non-hydrogen) atoms. The molecule has 2 fully saturated rings. The molecule has 4 aliphatic rings. The molecular formula is C40H47ClN4O7. The van der Waals surface area contributed by atoms with Gasteiger partial charge in [0, 0.05) is 77.9 Å². The number of ether oxygens (including phenoxy) is 3. The standard InChI is InChI=1S/C40H47ClN4O7/c41-13-3-1-2-4-17-50-19-20-51-18-14-43-39(49)26-5-8-31-34(21-26)40(38(42)37(31)48)32-9-6-27(44-15-11-29(44)24-46)22-35(32)52-36-23-28(7-10-33(36)40)45-16-12-30(45)25-47/h5-10,21-23,29-30,42,46-47H,1-4,11-20,24-25H2,(H,43,49)/t29-,30-/m1/s1. The summed E-state index contributed by atoms with van der Waals surface area (Å²) in [4.78, 5) is 31.6. The van der Waals surface area contributed by atoms with E-state index in [2.05, 4.69) is 15.1 Å². The molecule has 1 aliphatic carbocycles. The van der Waals surface area contributed by atoms with Crippen molar-refractivity contribution in [2.45, 2.75) is 56.0 Å². The van der Waals surface area contributed by atoms with Crippen LogP contribution in [-0.2, 0) is 14.9 Å². The second kappa shape index (κ2) is 15.9. The van der Waals surface area contributed by atoms with Gasteiger partial charge in [-0.3, -0.25) is 15.0 Å². The number of hydrogen-bond donors (Lipinski definition) is 4. The Bertz CT molecular complexity index is 1740. The van der Waals surface area contributed by atoms with Gasteiger partial charge in [-0.25, -0.2) is 0 Å². The number of benzene rings is 3. The lowest BCUT2D eigenvalue weighted by atomic mass is 9.67. The van der Waals surface area contributed by atoms with Gasteiger partial charge >= 0.3 is 0 Å². The van der Waals surface area contributed by atoms with E-state index in [-0.39, 0.29) is 36.9 Å². The summed E-state index contributed by atoms with van der Waals surface area (Å²) in [5, 5.41) is 32.2. The second-order valence-electron chi connectivity index (χ2n) is 13.9. The molecule has 3 aromatic rings. The van der Waals surface area contributed by atoms with Crippen molar-refractivity contribution in [1.82, 2.24) is 5.32 Å². The Labute approximate surface area is 309 Å². The van der Waals surface area contributed by atoms with E-state index in [1.807, 2.05) is 36.4 Å². The first-order valence-corrected chi connectivity index (χ1v) is 19.0. The molecule has 11 nitrogen and oxygen atoms in total. The Hall–Kier alpha value is -4.00. The smallest absolute Gasteiger partial charge is 0.251 e. The quantitative estimate of drug-likeness (QED) is 0.111. The fourth-order valence-electron chi connectivity index (χ4n) is 7.88. The van der Waals surface area contributed by atoms with E-state index in [0.29, 0.717) is 78.2 Å². The molecule has 276 valence electrons. The van der Waals surface area contributed by atoms with Crippen molar-refractivity contribution in [2.24, 2.45) is 0 Å². The fourth-order valence-corrected chi connectivity index (χ4v) is 8.07. The van der Waals surface area contributed by atoms with Crippen LogP contribution in [0.4, 0.5) is 11.4 Å². The SMILES string of the molecule is N=C1C(=O)c2ccc(C(=O)NCCOCCOCCCCCCCl)cc2C12c1ccc(N3CC[C@@H]3CO)cc1Oc1cc(N3CC[C@@H]3CO)ccc12. The molecule has 0 saturated carbocycles. The summed E-state index contributed by atoms with van der Waals surface area (Å²) in [6.07, 6.45) is 6.02. The van der Waals surface area contributed by atoms with Crippen molar-refractivity contribution in [3.63, 3.8) is 0 Å². The highest BCUT2D eigenvalue weighted by Crippen LogP contribution is 2.57. The molecule has 1 spiro atoms. The van der Waals surface area contributed by atoms with E-state index in [1.54, 1.807) is 18.2 Å². The molecule has 7 rings (SSSR count). The number of fused-ring (bicyclic) bond motifs is 6. The van der Waals surface area contributed by atoms with Gasteiger partial charge in [-0.05, 0) is 61.6 Å². The minimum atomic E-state index is -1.31. The highest BCUT2D eigenvalue weighted by atomic mass is 35.5. The van der Waals surface area contributed by atoms with E-state index in [1.165, 1.54) is 0 Å². The van der Waals surface area contributed by atoms with Crippen LogP contribution in [0.2, 0.25) is 0 Å². The summed E-state index contributed by atoms with van der Waals surface area (Å²) < 4.78 is 17.9. The Balaban J connectivity index is 1.13. The number of carbonyl (C=O) groups excluding carboxylic acids is 2. The molecule has 0 aromatic heterocycles. The predicted molar refractivity (Wildman–Crippen MR) is 200 cm³/mol. The Kier molecular flexibility index (Phi) is 11.1. The van der Waals surface area contributed by atoms with Gasteiger partial charge < -0.3 is 39.5 Å². The average molecular weight is 731 g/mol. The monoisotopic (exact) mass is 730 g/mol. The van der Waals surface area contributed by atoms with Crippen LogP contribution in [0.5, 0.6) is 11.5 Å². The molecule has 4 N–H and O–H groups in total. The molecule has 3 aromatic carbocycles. The van der Waals surface area contributed by atoms with Gasteiger partial charge in [0.1, 0.15) is 11.5 Å². The molecule has 2 atom stereocenters. The van der Waals surface area contributed by atoms with Crippen molar-refractivity contribution in [3.8, 4) is 11.5 Å². The third-order valence-electron chi connectivity index (χ3n) is 10.9. The molecule has 0 unspecified atom stereocenters. The zero-order valence-electron chi connectivity index (χ0n) is 29.4. The number of ketones is 1. The predicted octanol–water partition coefficient (Wildman–Crippen LogP) is 5.05. The van der Waals surface area contributed by atoms with Crippen molar-refractivity contribution in [2.75, 3.05) is 75.0 Å². The molecule has 2 saturated heterocycles. The van der Waals surface area contributed by atoms with Gasteiger partial charge in [-0.2, -0.15) is 0 Å². The fraction of sp³-hybridized carbons (Fsp3) is 0.475. The molecule has 3 aliphatic heterocycles. The van der Waals surface area contributed by atoms with Crippen molar-refractivity contribution >= 4 is 40.4 Å². The van der Waals surface area contributed by atoms with Gasteiger partial charge in [0.25, 0.3) is 5.91 Å². The lowest BCUT2D eigenvalue weighted by Gasteiger charge is -2.44. The largest absolute Gasteiger partial charge is 0.457 e. The first kappa shape index (κ1) is 36.4. The minimum absolute atomic E-state index is 0.0182. The first-order chi connectivity index (χ1) is 25.4. The molecule has 0 radical (unpaired) electrons. The molecule has 0 bridgehead atoms. The molecular weight excluding hydrogens is 684 g/mol. The van der Waals surface area contributed by atoms with Gasteiger partial charge in [0.05, 0.1) is 56.2 Å². The molecule has 1 amide bonds. The van der Waals surface area contributed by atoms with Crippen LogP contribution in [0.25, 0.3) is 0 Å². The normalized spacial score (nSPS) is 19.4. The number of unbranched alkanes of at least 4 members (excludes halogenated alkanes) is 3. The van der Waals surface area contributed by atoms with Gasteiger partial charge in [-0.1, -0.05) is 25.0 Å². The van der Waals surface area contributed by atoms with Gasteiger partial charge in [-0.15, -0.1) is 11.6 Å². The summed E-state index contributed by atoms with van der Waals surface area (Å²) >= 11 is 5.71. The third-order valence-corrected chi connectivity index (χ3v) is 11.2. The Morgan fingerprint density at radius 2 is 1.44 bits per heavy atom. The minimum Gasteiger partial charge on any atom is -0.457 e. The Morgan fingerprint density at radius 1 is 0.827 bits per heavy atom. The highest BCUT2D eigenvalue weighted by molar-refractivity contribution is 6.53. The summed E-state index contributed by atoms with van der Waals surface area (Å²) in [5.74, 6) is 1.02. The van der Waals surface area contributed by atoms with Crippen molar-refractivity contribution < 1.29 is 34.0 Å². The van der Waals surface area contributed by atoms with E-state index in [4.69, 9.17) is 25.8 Å².